The average Bonchev–Trinajstić information content (AvgIpc) is 2.83. The fourth-order valence-corrected chi connectivity index (χ4v) is 3.97. The van der Waals surface area contributed by atoms with Gasteiger partial charge in [-0.2, -0.15) is 0 Å². The van der Waals surface area contributed by atoms with E-state index in [0.717, 1.165) is 44.8 Å². The second-order valence-electron chi connectivity index (χ2n) is 8.13. The fraction of sp³-hybridized carbons (Fsp3) is 0.458. The van der Waals surface area contributed by atoms with Gasteiger partial charge in [-0.1, -0.05) is 0 Å². The molecule has 31 heavy (non-hydrogen) atoms. The summed E-state index contributed by atoms with van der Waals surface area (Å²) in [5, 5.41) is 0. The van der Waals surface area contributed by atoms with Crippen LogP contribution in [0.5, 0.6) is 5.88 Å². The molecular formula is C24H29N3O4. The van der Waals surface area contributed by atoms with Crippen LogP contribution < -0.4 is 9.64 Å². The molecule has 1 amide bonds. The molecule has 4 rings (SSSR count). The summed E-state index contributed by atoms with van der Waals surface area (Å²) in [6.07, 6.45) is 3.64. The highest BCUT2D eigenvalue weighted by molar-refractivity contribution is 5.95. The fourth-order valence-electron chi connectivity index (χ4n) is 3.97. The molecule has 1 aromatic carbocycles. The molecule has 0 saturated carbocycles. The Hall–Kier alpha value is -2.93. The summed E-state index contributed by atoms with van der Waals surface area (Å²) in [6, 6.07) is 11.2. The second kappa shape index (κ2) is 9.92. The topological polar surface area (TPSA) is 72.0 Å². The number of carbonyl (C=O) groups is 2. The SMILES string of the molecule is CC(=O)c1ccc(N2CCN(C(=O)c3ccc(OCC4CCOCC4)nc3)CC2)cc1. The third-order valence-electron chi connectivity index (χ3n) is 6.00. The number of nitrogens with zero attached hydrogens (tertiary/aromatic N) is 3. The number of amides is 1. The van der Waals surface area contributed by atoms with E-state index < -0.39 is 0 Å². The minimum absolute atomic E-state index is 0.00458. The summed E-state index contributed by atoms with van der Waals surface area (Å²) < 4.78 is 11.2. The quantitative estimate of drug-likeness (QED) is 0.665. The van der Waals surface area contributed by atoms with Gasteiger partial charge in [-0.3, -0.25) is 9.59 Å². The Morgan fingerprint density at radius 1 is 1.00 bits per heavy atom. The van der Waals surface area contributed by atoms with Gasteiger partial charge >= 0.3 is 0 Å². The zero-order valence-electron chi connectivity index (χ0n) is 18.0. The Morgan fingerprint density at radius 2 is 1.68 bits per heavy atom. The molecule has 2 saturated heterocycles. The summed E-state index contributed by atoms with van der Waals surface area (Å²) in [5.41, 5.74) is 2.37. The number of benzene rings is 1. The van der Waals surface area contributed by atoms with Crippen molar-refractivity contribution in [1.82, 2.24) is 9.88 Å². The lowest BCUT2D eigenvalue weighted by Crippen LogP contribution is -2.48. The van der Waals surface area contributed by atoms with Crippen molar-refractivity contribution in [3.63, 3.8) is 0 Å². The van der Waals surface area contributed by atoms with Crippen molar-refractivity contribution >= 4 is 17.4 Å². The molecule has 2 aliphatic rings. The molecule has 164 valence electrons. The zero-order chi connectivity index (χ0) is 21.6. The maximum atomic E-state index is 12.9. The average molecular weight is 424 g/mol. The Bertz CT molecular complexity index is 884. The van der Waals surface area contributed by atoms with Crippen LogP contribution in [0.4, 0.5) is 5.69 Å². The van der Waals surface area contributed by atoms with Gasteiger partial charge in [0.15, 0.2) is 5.78 Å². The molecule has 0 spiro atoms. The van der Waals surface area contributed by atoms with E-state index in [1.54, 1.807) is 25.3 Å². The Morgan fingerprint density at radius 3 is 2.29 bits per heavy atom. The molecule has 3 heterocycles. The number of aromatic nitrogens is 1. The molecule has 2 aliphatic heterocycles. The molecule has 0 bridgehead atoms. The van der Waals surface area contributed by atoms with Crippen LogP contribution in [0.15, 0.2) is 42.6 Å². The molecule has 0 radical (unpaired) electrons. The van der Waals surface area contributed by atoms with Gasteiger partial charge in [-0.05, 0) is 56.0 Å². The van der Waals surface area contributed by atoms with Gasteiger partial charge < -0.3 is 19.3 Å². The lowest BCUT2D eigenvalue weighted by atomic mass is 10.0. The van der Waals surface area contributed by atoms with Crippen LogP contribution in [0, 0.1) is 5.92 Å². The number of ketones is 1. The number of pyridine rings is 1. The van der Waals surface area contributed by atoms with Gasteiger partial charge in [0.05, 0.1) is 12.2 Å². The van der Waals surface area contributed by atoms with Crippen LogP contribution in [-0.2, 0) is 4.74 Å². The molecule has 2 aromatic rings. The van der Waals surface area contributed by atoms with Crippen molar-refractivity contribution in [1.29, 1.82) is 0 Å². The normalized spacial score (nSPS) is 17.5. The number of Topliss-reactive ketones (excluding diaryl/α,β-unsaturated/α-hetero) is 1. The Balaban J connectivity index is 1.27. The van der Waals surface area contributed by atoms with Gasteiger partial charge in [0, 0.05) is 62.9 Å². The number of rotatable bonds is 6. The van der Waals surface area contributed by atoms with Crippen LogP contribution in [0.2, 0.25) is 0 Å². The molecule has 0 aliphatic carbocycles. The van der Waals surface area contributed by atoms with E-state index in [-0.39, 0.29) is 11.7 Å². The number of anilines is 1. The number of hydrogen-bond donors (Lipinski definition) is 0. The van der Waals surface area contributed by atoms with Gasteiger partial charge in [-0.15, -0.1) is 0 Å². The summed E-state index contributed by atoms with van der Waals surface area (Å²) in [4.78, 5) is 32.7. The van der Waals surface area contributed by atoms with Crippen LogP contribution in [0.1, 0.15) is 40.5 Å². The summed E-state index contributed by atoms with van der Waals surface area (Å²) >= 11 is 0. The number of ether oxygens (including phenoxy) is 2. The molecule has 0 N–H and O–H groups in total. The minimum Gasteiger partial charge on any atom is -0.477 e. The highest BCUT2D eigenvalue weighted by Crippen LogP contribution is 2.20. The van der Waals surface area contributed by atoms with Crippen molar-refractivity contribution in [2.75, 3.05) is 50.9 Å². The van der Waals surface area contributed by atoms with Crippen molar-refractivity contribution in [3.05, 3.63) is 53.7 Å². The van der Waals surface area contributed by atoms with E-state index in [0.29, 0.717) is 42.6 Å². The van der Waals surface area contributed by atoms with E-state index in [1.165, 1.54) is 0 Å². The second-order valence-corrected chi connectivity index (χ2v) is 8.13. The number of carbonyl (C=O) groups excluding carboxylic acids is 2. The Labute approximate surface area is 183 Å². The molecular weight excluding hydrogens is 394 g/mol. The molecule has 7 nitrogen and oxygen atoms in total. The first kappa shape index (κ1) is 21.3. The molecule has 7 heteroatoms. The highest BCUT2D eigenvalue weighted by Gasteiger charge is 2.23. The van der Waals surface area contributed by atoms with Crippen molar-refractivity contribution in [3.8, 4) is 5.88 Å². The molecule has 0 atom stereocenters. The largest absolute Gasteiger partial charge is 0.477 e. The predicted octanol–water partition coefficient (Wildman–Crippen LogP) is 3.05. The van der Waals surface area contributed by atoms with Gasteiger partial charge in [0.1, 0.15) is 0 Å². The molecule has 1 aromatic heterocycles. The van der Waals surface area contributed by atoms with Crippen LogP contribution in [0.3, 0.4) is 0 Å². The van der Waals surface area contributed by atoms with E-state index in [2.05, 4.69) is 9.88 Å². The third-order valence-corrected chi connectivity index (χ3v) is 6.00. The summed E-state index contributed by atoms with van der Waals surface area (Å²) in [7, 11) is 0. The lowest BCUT2D eigenvalue weighted by molar-refractivity contribution is 0.0490. The molecule has 2 fully saturated rings. The monoisotopic (exact) mass is 423 g/mol. The number of piperazine rings is 1. The van der Waals surface area contributed by atoms with Crippen molar-refractivity contribution < 1.29 is 19.1 Å². The summed E-state index contributed by atoms with van der Waals surface area (Å²) in [5.74, 6) is 1.12. The molecule has 0 unspecified atom stereocenters. The van der Waals surface area contributed by atoms with E-state index in [9.17, 15) is 9.59 Å². The highest BCUT2D eigenvalue weighted by atomic mass is 16.5. The van der Waals surface area contributed by atoms with Gasteiger partial charge in [-0.25, -0.2) is 4.98 Å². The van der Waals surface area contributed by atoms with Gasteiger partial charge in [0.2, 0.25) is 5.88 Å². The van der Waals surface area contributed by atoms with Crippen molar-refractivity contribution in [2.45, 2.75) is 19.8 Å². The maximum Gasteiger partial charge on any atom is 0.255 e. The first-order chi connectivity index (χ1) is 15.1. The van der Waals surface area contributed by atoms with Crippen LogP contribution in [-0.4, -0.2) is 67.6 Å². The minimum atomic E-state index is -0.00458. The first-order valence-electron chi connectivity index (χ1n) is 10.9. The van der Waals surface area contributed by atoms with Crippen LogP contribution >= 0.6 is 0 Å². The zero-order valence-corrected chi connectivity index (χ0v) is 18.0. The third kappa shape index (κ3) is 5.41. The van der Waals surface area contributed by atoms with Crippen LogP contribution in [0.25, 0.3) is 0 Å². The van der Waals surface area contributed by atoms with Crippen molar-refractivity contribution in [2.24, 2.45) is 5.92 Å². The first-order valence-corrected chi connectivity index (χ1v) is 10.9. The maximum absolute atomic E-state index is 12.9. The summed E-state index contributed by atoms with van der Waals surface area (Å²) in [6.45, 7) is 6.61. The smallest absolute Gasteiger partial charge is 0.255 e. The van der Waals surface area contributed by atoms with Gasteiger partial charge in [0.25, 0.3) is 5.91 Å². The van der Waals surface area contributed by atoms with E-state index in [1.807, 2.05) is 29.2 Å². The Kier molecular flexibility index (Phi) is 6.82. The van der Waals surface area contributed by atoms with E-state index in [4.69, 9.17) is 9.47 Å². The lowest BCUT2D eigenvalue weighted by Gasteiger charge is -2.36. The van der Waals surface area contributed by atoms with E-state index >= 15 is 0 Å². The standard InChI is InChI=1S/C24H29N3O4/c1-18(28)20-2-5-22(6-3-20)26-10-12-27(13-11-26)24(29)21-4-7-23(25-16-21)31-17-19-8-14-30-15-9-19/h2-7,16,19H,8-15,17H2,1H3. The predicted molar refractivity (Wildman–Crippen MR) is 118 cm³/mol. The number of hydrogen-bond acceptors (Lipinski definition) is 6.